The molecule has 1 spiro atoms. The fourth-order valence-electron chi connectivity index (χ4n) is 2.56. The lowest BCUT2D eigenvalue weighted by atomic mass is 9.91. The van der Waals surface area contributed by atoms with Crippen molar-refractivity contribution in [2.75, 3.05) is 25.6 Å². The summed E-state index contributed by atoms with van der Waals surface area (Å²) in [6.07, 6.45) is 0. The zero-order chi connectivity index (χ0) is 14.3. The molecule has 0 saturated carbocycles. The van der Waals surface area contributed by atoms with Crippen molar-refractivity contribution in [3.63, 3.8) is 0 Å². The molecular weight excluding hydrogens is 262 g/mol. The Morgan fingerprint density at radius 1 is 1.25 bits per heavy atom. The lowest BCUT2D eigenvalue weighted by Gasteiger charge is -2.18. The Labute approximate surface area is 114 Å². The third-order valence-electron chi connectivity index (χ3n) is 3.54. The largest absolute Gasteiger partial charge is 0.383 e. The average molecular weight is 275 g/mol. The van der Waals surface area contributed by atoms with Crippen LogP contribution >= 0.6 is 0 Å². The number of hydrogen-bond acceptors (Lipinski definition) is 4. The molecule has 1 saturated heterocycles. The second kappa shape index (κ2) is 4.31. The van der Waals surface area contributed by atoms with E-state index in [1.807, 2.05) is 0 Å². The van der Waals surface area contributed by atoms with E-state index in [4.69, 9.17) is 4.74 Å². The van der Waals surface area contributed by atoms with Gasteiger partial charge in [-0.2, -0.15) is 0 Å². The molecule has 2 N–H and O–H groups in total. The summed E-state index contributed by atoms with van der Waals surface area (Å²) >= 11 is 0. The van der Waals surface area contributed by atoms with Gasteiger partial charge in [0.2, 0.25) is 5.54 Å². The molecule has 4 amide bonds. The van der Waals surface area contributed by atoms with E-state index in [9.17, 15) is 14.4 Å². The SMILES string of the molecule is COCCN1C(=O)N[C@]2(C(=O)Nc3ccccc32)C1=O. The Balaban J connectivity index is 2.04. The lowest BCUT2D eigenvalue weighted by Crippen LogP contribution is -2.49. The molecule has 1 atom stereocenters. The summed E-state index contributed by atoms with van der Waals surface area (Å²) in [6.45, 7) is 0.330. The van der Waals surface area contributed by atoms with Crippen molar-refractivity contribution in [2.45, 2.75) is 5.54 Å². The monoisotopic (exact) mass is 275 g/mol. The smallest absolute Gasteiger partial charge is 0.325 e. The molecule has 1 aromatic rings. The number of imide groups is 1. The second-order valence-electron chi connectivity index (χ2n) is 4.63. The first-order chi connectivity index (χ1) is 9.61. The molecule has 7 nitrogen and oxygen atoms in total. The number of anilines is 1. The Morgan fingerprint density at radius 3 is 2.75 bits per heavy atom. The maximum atomic E-state index is 12.5. The summed E-state index contributed by atoms with van der Waals surface area (Å²) in [5.41, 5.74) is -0.621. The van der Waals surface area contributed by atoms with Gasteiger partial charge in [0.05, 0.1) is 13.2 Å². The molecule has 2 aliphatic heterocycles. The Hall–Kier alpha value is -2.41. The Kier molecular flexibility index (Phi) is 2.72. The Bertz CT molecular complexity index is 615. The van der Waals surface area contributed by atoms with E-state index in [0.717, 1.165) is 4.90 Å². The third kappa shape index (κ3) is 1.47. The van der Waals surface area contributed by atoms with E-state index in [1.54, 1.807) is 24.3 Å². The van der Waals surface area contributed by atoms with Crippen LogP contribution in [0.5, 0.6) is 0 Å². The van der Waals surface area contributed by atoms with Gasteiger partial charge in [-0.25, -0.2) is 4.79 Å². The highest BCUT2D eigenvalue weighted by molar-refractivity contribution is 6.26. The van der Waals surface area contributed by atoms with Gasteiger partial charge in [-0.3, -0.25) is 14.5 Å². The topological polar surface area (TPSA) is 87.7 Å². The predicted molar refractivity (Wildman–Crippen MR) is 68.9 cm³/mol. The number of rotatable bonds is 3. The minimum atomic E-state index is -1.64. The predicted octanol–water partition coefficient (Wildman–Crippen LogP) is 0.0322. The molecule has 3 rings (SSSR count). The number of nitrogens with one attached hydrogen (secondary N) is 2. The van der Waals surface area contributed by atoms with Crippen molar-refractivity contribution >= 4 is 23.5 Å². The number of benzene rings is 1. The molecule has 1 aromatic carbocycles. The maximum absolute atomic E-state index is 12.5. The van der Waals surface area contributed by atoms with Crippen LogP contribution in [-0.4, -0.2) is 43.0 Å². The number of nitrogens with zero attached hydrogens (tertiary/aromatic N) is 1. The van der Waals surface area contributed by atoms with E-state index >= 15 is 0 Å². The molecule has 104 valence electrons. The van der Waals surface area contributed by atoms with Crippen molar-refractivity contribution in [2.24, 2.45) is 0 Å². The molecule has 7 heteroatoms. The fourth-order valence-corrected chi connectivity index (χ4v) is 2.56. The van der Waals surface area contributed by atoms with Crippen molar-refractivity contribution in [1.29, 1.82) is 0 Å². The standard InChI is InChI=1S/C13H13N3O4/c1-20-7-6-16-11(18)13(15-12(16)19)8-4-2-3-5-9(8)14-10(13)17/h2-5H,6-7H2,1H3,(H,14,17)(H,15,19)/t13-/m1/s1. The summed E-state index contributed by atoms with van der Waals surface area (Å²) in [5.74, 6) is -1.10. The van der Waals surface area contributed by atoms with Crippen LogP contribution in [0.15, 0.2) is 24.3 Å². The molecule has 2 heterocycles. The van der Waals surface area contributed by atoms with Gasteiger partial charge in [0.25, 0.3) is 11.8 Å². The normalized spacial score (nSPS) is 24.1. The summed E-state index contributed by atoms with van der Waals surface area (Å²) in [6, 6.07) is 6.24. The maximum Gasteiger partial charge on any atom is 0.325 e. The van der Waals surface area contributed by atoms with Gasteiger partial charge >= 0.3 is 6.03 Å². The van der Waals surface area contributed by atoms with E-state index in [-0.39, 0.29) is 13.2 Å². The van der Waals surface area contributed by atoms with Crippen molar-refractivity contribution < 1.29 is 19.1 Å². The van der Waals surface area contributed by atoms with Crippen LogP contribution in [0.4, 0.5) is 10.5 Å². The molecule has 1 fully saturated rings. The summed E-state index contributed by atoms with van der Waals surface area (Å²) < 4.78 is 4.87. The first kappa shape index (κ1) is 12.6. The molecule has 2 aliphatic rings. The van der Waals surface area contributed by atoms with Crippen molar-refractivity contribution in [1.82, 2.24) is 10.2 Å². The number of amides is 4. The number of carbonyl (C=O) groups is 3. The van der Waals surface area contributed by atoms with Crippen LogP contribution in [-0.2, 0) is 19.9 Å². The summed E-state index contributed by atoms with van der Waals surface area (Å²) in [5, 5.41) is 5.14. The molecule has 0 unspecified atom stereocenters. The van der Waals surface area contributed by atoms with Gasteiger partial charge in [0, 0.05) is 18.4 Å². The van der Waals surface area contributed by atoms with Crippen LogP contribution in [0.1, 0.15) is 5.56 Å². The van der Waals surface area contributed by atoms with E-state index in [1.165, 1.54) is 7.11 Å². The zero-order valence-corrected chi connectivity index (χ0v) is 10.8. The van der Waals surface area contributed by atoms with Gasteiger partial charge in [-0.1, -0.05) is 18.2 Å². The van der Waals surface area contributed by atoms with Crippen molar-refractivity contribution in [3.8, 4) is 0 Å². The first-order valence-electron chi connectivity index (χ1n) is 6.15. The number of fused-ring (bicyclic) bond motifs is 2. The number of methoxy groups -OCH3 is 1. The number of urea groups is 1. The van der Waals surface area contributed by atoms with Gasteiger partial charge in [-0.05, 0) is 6.07 Å². The molecular formula is C13H13N3O4. The minimum Gasteiger partial charge on any atom is -0.383 e. The van der Waals surface area contributed by atoms with E-state index < -0.39 is 23.4 Å². The molecule has 0 bridgehead atoms. The minimum absolute atomic E-state index is 0.109. The average Bonchev–Trinajstić information content (AvgIpc) is 2.86. The van der Waals surface area contributed by atoms with Gasteiger partial charge < -0.3 is 15.4 Å². The number of carbonyl (C=O) groups excluding carboxylic acids is 3. The second-order valence-corrected chi connectivity index (χ2v) is 4.63. The fraction of sp³-hybridized carbons (Fsp3) is 0.308. The van der Waals surface area contributed by atoms with Crippen LogP contribution in [0, 0.1) is 0 Å². The zero-order valence-electron chi connectivity index (χ0n) is 10.8. The quantitative estimate of drug-likeness (QED) is 0.602. The van der Waals surface area contributed by atoms with E-state index in [0.29, 0.717) is 11.3 Å². The molecule has 20 heavy (non-hydrogen) atoms. The summed E-state index contributed by atoms with van der Waals surface area (Å²) in [4.78, 5) is 37.7. The van der Waals surface area contributed by atoms with Crippen LogP contribution in [0.25, 0.3) is 0 Å². The van der Waals surface area contributed by atoms with Crippen molar-refractivity contribution in [3.05, 3.63) is 29.8 Å². The molecule has 0 aliphatic carbocycles. The lowest BCUT2D eigenvalue weighted by molar-refractivity contribution is -0.137. The summed E-state index contributed by atoms with van der Waals surface area (Å²) in [7, 11) is 1.48. The van der Waals surface area contributed by atoms with Crippen LogP contribution in [0.3, 0.4) is 0 Å². The van der Waals surface area contributed by atoms with Gasteiger partial charge in [-0.15, -0.1) is 0 Å². The number of para-hydroxylation sites is 1. The van der Waals surface area contributed by atoms with Gasteiger partial charge in [0.15, 0.2) is 0 Å². The van der Waals surface area contributed by atoms with E-state index in [2.05, 4.69) is 10.6 Å². The van der Waals surface area contributed by atoms with Crippen LogP contribution < -0.4 is 10.6 Å². The molecule has 0 aromatic heterocycles. The highest BCUT2D eigenvalue weighted by atomic mass is 16.5. The van der Waals surface area contributed by atoms with Crippen LogP contribution in [0.2, 0.25) is 0 Å². The number of ether oxygens (including phenoxy) is 1. The third-order valence-corrected chi connectivity index (χ3v) is 3.54. The highest BCUT2D eigenvalue weighted by Gasteiger charge is 2.61. The first-order valence-corrected chi connectivity index (χ1v) is 6.15. The molecule has 0 radical (unpaired) electrons. The van der Waals surface area contributed by atoms with Gasteiger partial charge in [0.1, 0.15) is 0 Å². The highest BCUT2D eigenvalue weighted by Crippen LogP contribution is 2.39. The Morgan fingerprint density at radius 2 is 2.00 bits per heavy atom. The number of hydrogen-bond donors (Lipinski definition) is 2.